The fourth-order valence-electron chi connectivity index (χ4n) is 2.42. The predicted molar refractivity (Wildman–Crippen MR) is 91.9 cm³/mol. The van der Waals surface area contributed by atoms with Crippen LogP contribution in [0.2, 0.25) is 0 Å². The van der Waals surface area contributed by atoms with Gasteiger partial charge in [0.25, 0.3) is 0 Å². The molecule has 0 bridgehead atoms. The molecular formula is C19H17N3O3. The van der Waals surface area contributed by atoms with Crippen LogP contribution >= 0.6 is 0 Å². The molecule has 3 aromatic rings. The third-order valence-corrected chi connectivity index (χ3v) is 3.81. The molecule has 0 unspecified atom stereocenters. The minimum atomic E-state index is -0.538. The second-order valence-electron chi connectivity index (χ2n) is 5.70. The van der Waals surface area contributed by atoms with Crippen molar-refractivity contribution in [1.29, 1.82) is 0 Å². The second-order valence-corrected chi connectivity index (χ2v) is 5.70. The van der Waals surface area contributed by atoms with Crippen molar-refractivity contribution in [3.05, 3.63) is 77.4 Å². The van der Waals surface area contributed by atoms with Gasteiger partial charge in [0, 0.05) is 5.56 Å². The highest BCUT2D eigenvalue weighted by Gasteiger charge is 2.14. The average Bonchev–Trinajstić information content (AvgIpc) is 3.16. The van der Waals surface area contributed by atoms with Crippen LogP contribution in [0.1, 0.15) is 31.8 Å². The number of aryl methyl sites for hydroxylation is 2. The fraction of sp³-hybridized carbons (Fsp3) is 0.158. The summed E-state index contributed by atoms with van der Waals surface area (Å²) in [5.41, 5.74) is 3.58. The number of aromatic nitrogens is 3. The molecular weight excluding hydrogens is 318 g/mol. The van der Waals surface area contributed by atoms with Gasteiger partial charge in [-0.15, -0.1) is 0 Å². The van der Waals surface area contributed by atoms with E-state index in [0.717, 1.165) is 16.8 Å². The van der Waals surface area contributed by atoms with E-state index in [2.05, 4.69) is 10.1 Å². The zero-order chi connectivity index (χ0) is 17.8. The molecule has 0 saturated heterocycles. The molecule has 0 aliphatic carbocycles. The first kappa shape index (κ1) is 16.6. The van der Waals surface area contributed by atoms with Gasteiger partial charge in [-0.2, -0.15) is 5.10 Å². The zero-order valence-corrected chi connectivity index (χ0v) is 14.0. The number of benzene rings is 2. The first-order valence-electron chi connectivity index (χ1n) is 7.77. The quantitative estimate of drug-likeness (QED) is 0.529. The summed E-state index contributed by atoms with van der Waals surface area (Å²) in [6, 6.07) is 12.3. The Kier molecular flexibility index (Phi) is 4.70. The first-order valence-corrected chi connectivity index (χ1v) is 7.77. The molecule has 6 heteroatoms. The van der Waals surface area contributed by atoms with Crippen molar-refractivity contribution >= 4 is 11.8 Å². The van der Waals surface area contributed by atoms with Gasteiger partial charge in [0.2, 0.25) is 5.78 Å². The van der Waals surface area contributed by atoms with Crippen LogP contribution in [0.15, 0.2) is 55.1 Å². The molecule has 0 atom stereocenters. The summed E-state index contributed by atoms with van der Waals surface area (Å²) < 4.78 is 6.73. The summed E-state index contributed by atoms with van der Waals surface area (Å²) in [5, 5.41) is 4.01. The minimum absolute atomic E-state index is 0.214. The molecule has 0 amide bonds. The van der Waals surface area contributed by atoms with Crippen LogP contribution in [0.5, 0.6) is 0 Å². The van der Waals surface area contributed by atoms with Crippen LogP contribution in [0.3, 0.4) is 0 Å². The largest absolute Gasteiger partial charge is 0.454 e. The van der Waals surface area contributed by atoms with E-state index in [9.17, 15) is 9.59 Å². The maximum Gasteiger partial charge on any atom is 0.338 e. The van der Waals surface area contributed by atoms with E-state index in [0.29, 0.717) is 11.1 Å². The summed E-state index contributed by atoms with van der Waals surface area (Å²) in [4.78, 5) is 28.3. The smallest absolute Gasteiger partial charge is 0.338 e. The summed E-state index contributed by atoms with van der Waals surface area (Å²) >= 11 is 0. The van der Waals surface area contributed by atoms with Crippen molar-refractivity contribution in [1.82, 2.24) is 14.8 Å². The molecule has 0 fully saturated rings. The van der Waals surface area contributed by atoms with Gasteiger partial charge in [0.05, 0.1) is 11.3 Å². The lowest BCUT2D eigenvalue weighted by Crippen LogP contribution is -2.15. The lowest BCUT2D eigenvalue weighted by molar-refractivity contribution is 0.0474. The number of Topliss-reactive ketones (excluding diaryl/α,β-unsaturated/α-hetero) is 1. The molecule has 0 aliphatic heterocycles. The van der Waals surface area contributed by atoms with Crippen molar-refractivity contribution in [3.8, 4) is 5.69 Å². The Morgan fingerprint density at radius 2 is 1.84 bits per heavy atom. The molecule has 1 aromatic heterocycles. The van der Waals surface area contributed by atoms with Crippen LogP contribution in [-0.2, 0) is 4.74 Å². The Morgan fingerprint density at radius 3 is 2.52 bits per heavy atom. The second kappa shape index (κ2) is 7.09. The van der Waals surface area contributed by atoms with Crippen molar-refractivity contribution in [2.24, 2.45) is 0 Å². The number of ether oxygens (including phenoxy) is 1. The van der Waals surface area contributed by atoms with E-state index in [-0.39, 0.29) is 12.4 Å². The highest BCUT2D eigenvalue weighted by Crippen LogP contribution is 2.13. The third kappa shape index (κ3) is 3.80. The van der Waals surface area contributed by atoms with Gasteiger partial charge in [-0.1, -0.05) is 17.7 Å². The molecule has 0 N–H and O–H groups in total. The van der Waals surface area contributed by atoms with Crippen molar-refractivity contribution in [2.45, 2.75) is 13.8 Å². The van der Waals surface area contributed by atoms with E-state index in [1.165, 1.54) is 6.33 Å². The summed E-state index contributed by atoms with van der Waals surface area (Å²) in [5.74, 6) is -0.752. The maximum atomic E-state index is 12.3. The van der Waals surface area contributed by atoms with E-state index < -0.39 is 5.97 Å². The molecule has 0 saturated carbocycles. The molecule has 0 aliphatic rings. The number of rotatable bonds is 5. The van der Waals surface area contributed by atoms with Gasteiger partial charge >= 0.3 is 5.97 Å². The normalized spacial score (nSPS) is 10.5. The van der Waals surface area contributed by atoms with Gasteiger partial charge < -0.3 is 4.74 Å². The molecule has 2 aromatic carbocycles. The fourth-order valence-corrected chi connectivity index (χ4v) is 2.42. The number of esters is 1. The van der Waals surface area contributed by atoms with Crippen molar-refractivity contribution < 1.29 is 14.3 Å². The van der Waals surface area contributed by atoms with Crippen LogP contribution < -0.4 is 0 Å². The van der Waals surface area contributed by atoms with E-state index in [1.54, 1.807) is 41.3 Å². The molecule has 6 nitrogen and oxygen atoms in total. The number of hydrogen-bond acceptors (Lipinski definition) is 5. The molecule has 3 rings (SSSR count). The first-order chi connectivity index (χ1) is 12.0. The minimum Gasteiger partial charge on any atom is -0.454 e. The Balaban J connectivity index is 1.64. The standard InChI is InChI=1S/C19H17N3O3/c1-13-3-4-14(2)17(9-13)18(23)10-25-19(24)15-5-7-16(8-6-15)22-12-20-11-21-22/h3-9,11-12H,10H2,1-2H3. The Hall–Kier alpha value is -3.28. The topological polar surface area (TPSA) is 74.1 Å². The molecule has 0 spiro atoms. The Morgan fingerprint density at radius 1 is 1.08 bits per heavy atom. The van der Waals surface area contributed by atoms with Crippen LogP contribution in [0, 0.1) is 13.8 Å². The SMILES string of the molecule is Cc1ccc(C)c(C(=O)COC(=O)c2ccc(-n3cncn3)cc2)c1. The average molecular weight is 335 g/mol. The van der Waals surface area contributed by atoms with Crippen LogP contribution in [-0.4, -0.2) is 33.1 Å². The highest BCUT2D eigenvalue weighted by atomic mass is 16.5. The molecule has 25 heavy (non-hydrogen) atoms. The molecule has 0 radical (unpaired) electrons. The number of carbonyl (C=O) groups excluding carboxylic acids is 2. The number of carbonyl (C=O) groups is 2. The van der Waals surface area contributed by atoms with Gasteiger partial charge in [0.15, 0.2) is 6.61 Å². The zero-order valence-electron chi connectivity index (χ0n) is 14.0. The Labute approximate surface area is 145 Å². The van der Waals surface area contributed by atoms with Gasteiger partial charge in [-0.05, 0) is 49.7 Å². The molecule has 1 heterocycles. The van der Waals surface area contributed by atoms with Gasteiger partial charge in [-0.25, -0.2) is 14.5 Å². The van der Waals surface area contributed by atoms with Crippen LogP contribution in [0.4, 0.5) is 0 Å². The van der Waals surface area contributed by atoms with E-state index >= 15 is 0 Å². The number of ketones is 1. The van der Waals surface area contributed by atoms with Crippen molar-refractivity contribution in [2.75, 3.05) is 6.61 Å². The monoisotopic (exact) mass is 335 g/mol. The van der Waals surface area contributed by atoms with Crippen molar-refractivity contribution in [3.63, 3.8) is 0 Å². The maximum absolute atomic E-state index is 12.3. The van der Waals surface area contributed by atoms with Gasteiger partial charge in [-0.3, -0.25) is 4.79 Å². The Bertz CT molecular complexity index is 900. The van der Waals surface area contributed by atoms with E-state index in [4.69, 9.17) is 4.74 Å². The summed E-state index contributed by atoms with van der Waals surface area (Å²) in [7, 11) is 0. The van der Waals surface area contributed by atoms with Gasteiger partial charge in [0.1, 0.15) is 12.7 Å². The number of nitrogens with zero attached hydrogens (tertiary/aromatic N) is 3. The van der Waals surface area contributed by atoms with E-state index in [1.807, 2.05) is 26.0 Å². The van der Waals surface area contributed by atoms with Crippen LogP contribution in [0.25, 0.3) is 5.69 Å². The lowest BCUT2D eigenvalue weighted by atomic mass is 10.0. The number of hydrogen-bond donors (Lipinski definition) is 0. The lowest BCUT2D eigenvalue weighted by Gasteiger charge is -2.08. The third-order valence-electron chi connectivity index (χ3n) is 3.81. The molecule has 126 valence electrons. The predicted octanol–water partition coefficient (Wildman–Crippen LogP) is 2.92. The highest BCUT2D eigenvalue weighted by molar-refractivity contribution is 6.00. The summed E-state index contributed by atoms with van der Waals surface area (Å²) in [6.45, 7) is 3.49. The summed E-state index contributed by atoms with van der Waals surface area (Å²) in [6.07, 6.45) is 3.00.